The maximum Gasteiger partial charge on any atom is 0.115 e. The molecular weight excluding hydrogens is 256 g/mol. The normalized spacial score (nSPS) is 16.8. The van der Waals surface area contributed by atoms with E-state index in [9.17, 15) is 0 Å². The minimum Gasteiger partial charge on any atom is -0.301 e. The molecule has 1 atom stereocenters. The molecule has 0 bridgehead atoms. The van der Waals surface area contributed by atoms with E-state index in [1.165, 1.54) is 24.1 Å². The number of thiazole rings is 1. The van der Waals surface area contributed by atoms with Gasteiger partial charge >= 0.3 is 0 Å². The summed E-state index contributed by atoms with van der Waals surface area (Å²) >= 11 is 1.74. The minimum absolute atomic E-state index is 0.194. The summed E-state index contributed by atoms with van der Waals surface area (Å²) in [4.78, 5) is 4.68. The molecule has 0 amide bonds. The van der Waals surface area contributed by atoms with E-state index in [4.69, 9.17) is 0 Å². The number of nitrogens with zero attached hydrogens (tertiary/aromatic N) is 3. The topological polar surface area (TPSA) is 42.7 Å². The Morgan fingerprint density at radius 2 is 2.11 bits per heavy atom. The van der Waals surface area contributed by atoms with Crippen molar-refractivity contribution in [2.45, 2.75) is 45.7 Å². The Hall–Kier alpha value is -1.20. The van der Waals surface area contributed by atoms with Gasteiger partial charge in [-0.05, 0) is 33.6 Å². The van der Waals surface area contributed by atoms with Gasteiger partial charge < -0.3 is 5.32 Å². The fourth-order valence-corrected chi connectivity index (χ4v) is 3.34. The van der Waals surface area contributed by atoms with Crippen molar-refractivity contribution in [1.82, 2.24) is 20.1 Å². The van der Waals surface area contributed by atoms with Crippen molar-refractivity contribution in [1.29, 1.82) is 0 Å². The van der Waals surface area contributed by atoms with Gasteiger partial charge in [-0.15, -0.1) is 11.3 Å². The van der Waals surface area contributed by atoms with E-state index in [0.29, 0.717) is 6.04 Å². The molecule has 0 radical (unpaired) electrons. The van der Waals surface area contributed by atoms with E-state index in [1.54, 1.807) is 11.3 Å². The fraction of sp³-hybridized carbons (Fsp3) is 0.571. The molecule has 0 spiro atoms. The van der Waals surface area contributed by atoms with Crippen LogP contribution < -0.4 is 5.32 Å². The van der Waals surface area contributed by atoms with Crippen molar-refractivity contribution in [2.24, 2.45) is 7.05 Å². The molecular formula is C14H20N4S. The SMILES string of the molecule is Cc1csc(C(NC2CC2)c2c(C)nn(C)c2C)n1. The minimum atomic E-state index is 0.194. The summed E-state index contributed by atoms with van der Waals surface area (Å²) in [7, 11) is 2.01. The molecule has 4 nitrogen and oxygen atoms in total. The summed E-state index contributed by atoms with van der Waals surface area (Å²) in [5.74, 6) is 0. The van der Waals surface area contributed by atoms with Gasteiger partial charge in [0.2, 0.25) is 0 Å². The zero-order valence-electron chi connectivity index (χ0n) is 11.9. The lowest BCUT2D eigenvalue weighted by Gasteiger charge is -2.17. The van der Waals surface area contributed by atoms with Crippen molar-refractivity contribution in [2.75, 3.05) is 0 Å². The second kappa shape index (κ2) is 4.72. The van der Waals surface area contributed by atoms with Gasteiger partial charge in [0.15, 0.2) is 0 Å². The molecule has 3 rings (SSSR count). The summed E-state index contributed by atoms with van der Waals surface area (Å²) in [6.45, 7) is 6.28. The molecule has 19 heavy (non-hydrogen) atoms. The van der Waals surface area contributed by atoms with Crippen LogP contribution in [0.1, 0.15) is 46.5 Å². The maximum absolute atomic E-state index is 4.68. The number of nitrogens with one attached hydrogen (secondary N) is 1. The number of hydrogen-bond acceptors (Lipinski definition) is 4. The molecule has 1 unspecified atom stereocenters. The molecule has 2 aromatic heterocycles. The zero-order valence-corrected chi connectivity index (χ0v) is 12.7. The standard InChI is InChI=1S/C14H20N4S/c1-8-7-19-14(15-8)13(16-11-5-6-11)12-9(2)17-18(4)10(12)3/h7,11,13,16H,5-6H2,1-4H3. The quantitative estimate of drug-likeness (QED) is 0.933. The molecule has 2 aromatic rings. The predicted molar refractivity (Wildman–Crippen MR) is 77.5 cm³/mol. The van der Waals surface area contributed by atoms with E-state index in [-0.39, 0.29) is 6.04 Å². The van der Waals surface area contributed by atoms with Crippen molar-refractivity contribution in [3.8, 4) is 0 Å². The monoisotopic (exact) mass is 276 g/mol. The molecule has 0 aromatic carbocycles. The van der Waals surface area contributed by atoms with Crippen LogP contribution in [0, 0.1) is 20.8 Å². The van der Waals surface area contributed by atoms with Gasteiger partial charge in [-0.2, -0.15) is 5.10 Å². The highest BCUT2D eigenvalue weighted by molar-refractivity contribution is 7.09. The predicted octanol–water partition coefficient (Wildman–Crippen LogP) is 2.64. The lowest BCUT2D eigenvalue weighted by atomic mass is 10.1. The van der Waals surface area contributed by atoms with Crippen molar-refractivity contribution in [3.05, 3.63) is 33.0 Å². The van der Waals surface area contributed by atoms with E-state index in [1.807, 2.05) is 11.7 Å². The van der Waals surface area contributed by atoms with Crippen molar-refractivity contribution >= 4 is 11.3 Å². The van der Waals surface area contributed by atoms with Crippen LogP contribution in [0.25, 0.3) is 0 Å². The molecule has 2 heterocycles. The van der Waals surface area contributed by atoms with Crippen LogP contribution in [-0.4, -0.2) is 20.8 Å². The molecule has 1 aliphatic rings. The molecule has 0 aliphatic heterocycles. The smallest absolute Gasteiger partial charge is 0.115 e. The lowest BCUT2D eigenvalue weighted by Crippen LogP contribution is -2.25. The first-order valence-electron chi connectivity index (χ1n) is 6.74. The Labute approximate surface area is 117 Å². The van der Waals surface area contributed by atoms with Crippen LogP contribution in [0.3, 0.4) is 0 Å². The summed E-state index contributed by atoms with van der Waals surface area (Å²) in [6.07, 6.45) is 2.55. The second-order valence-electron chi connectivity index (χ2n) is 5.41. The molecule has 1 aliphatic carbocycles. The number of hydrogen-bond donors (Lipinski definition) is 1. The molecule has 102 valence electrons. The summed E-state index contributed by atoms with van der Waals surface area (Å²) in [5, 5.41) is 11.6. The highest BCUT2D eigenvalue weighted by Crippen LogP contribution is 2.33. The van der Waals surface area contributed by atoms with Gasteiger partial charge in [0.05, 0.1) is 11.7 Å². The fourth-order valence-electron chi connectivity index (χ4n) is 2.48. The van der Waals surface area contributed by atoms with Crippen LogP contribution >= 0.6 is 11.3 Å². The first-order valence-corrected chi connectivity index (χ1v) is 7.62. The molecule has 0 saturated heterocycles. The van der Waals surface area contributed by atoms with Gasteiger partial charge in [0.1, 0.15) is 5.01 Å². The largest absolute Gasteiger partial charge is 0.301 e. The molecule has 1 N–H and O–H groups in total. The van der Waals surface area contributed by atoms with Gasteiger partial charge in [-0.3, -0.25) is 4.68 Å². The summed E-state index contributed by atoms with van der Waals surface area (Å²) in [6, 6.07) is 0.841. The summed E-state index contributed by atoms with van der Waals surface area (Å²) in [5.41, 5.74) is 4.72. The third kappa shape index (κ3) is 2.44. The highest BCUT2D eigenvalue weighted by atomic mass is 32.1. The van der Waals surface area contributed by atoms with Crippen LogP contribution in [0.4, 0.5) is 0 Å². The molecule has 5 heteroatoms. The third-order valence-electron chi connectivity index (χ3n) is 3.72. The van der Waals surface area contributed by atoms with Gasteiger partial charge in [-0.25, -0.2) is 4.98 Å². The van der Waals surface area contributed by atoms with E-state index < -0.39 is 0 Å². The first-order chi connectivity index (χ1) is 9.06. The zero-order chi connectivity index (χ0) is 13.6. The van der Waals surface area contributed by atoms with Gasteiger partial charge in [0, 0.05) is 35.4 Å². The summed E-state index contributed by atoms with van der Waals surface area (Å²) < 4.78 is 1.96. The lowest BCUT2D eigenvalue weighted by molar-refractivity contribution is 0.591. The van der Waals surface area contributed by atoms with Gasteiger partial charge in [-0.1, -0.05) is 0 Å². The highest BCUT2D eigenvalue weighted by Gasteiger charge is 2.30. The van der Waals surface area contributed by atoms with E-state index in [0.717, 1.165) is 16.4 Å². The molecule has 1 fully saturated rings. The van der Waals surface area contributed by atoms with E-state index in [2.05, 4.69) is 41.6 Å². The number of aromatic nitrogens is 3. The Balaban J connectivity index is 2.02. The van der Waals surface area contributed by atoms with Crippen molar-refractivity contribution in [3.63, 3.8) is 0 Å². The average Bonchev–Trinajstić information content (AvgIpc) is 3.02. The van der Waals surface area contributed by atoms with E-state index >= 15 is 0 Å². The molecule has 1 saturated carbocycles. The Bertz CT molecular complexity index is 595. The second-order valence-corrected chi connectivity index (χ2v) is 6.30. The third-order valence-corrected chi connectivity index (χ3v) is 4.74. The van der Waals surface area contributed by atoms with Crippen molar-refractivity contribution < 1.29 is 0 Å². The number of aryl methyl sites for hydroxylation is 3. The van der Waals surface area contributed by atoms with Crippen LogP contribution in [0.15, 0.2) is 5.38 Å². The number of rotatable bonds is 4. The first kappa shape index (κ1) is 12.8. The Morgan fingerprint density at radius 3 is 2.58 bits per heavy atom. The van der Waals surface area contributed by atoms with Crippen LogP contribution in [-0.2, 0) is 7.05 Å². The average molecular weight is 276 g/mol. The Morgan fingerprint density at radius 1 is 1.37 bits per heavy atom. The maximum atomic E-state index is 4.68. The van der Waals surface area contributed by atoms with Gasteiger partial charge in [0.25, 0.3) is 0 Å². The Kier molecular flexibility index (Phi) is 3.19. The van der Waals surface area contributed by atoms with Crippen LogP contribution in [0.2, 0.25) is 0 Å². The van der Waals surface area contributed by atoms with Crippen LogP contribution in [0.5, 0.6) is 0 Å².